The van der Waals surface area contributed by atoms with Gasteiger partial charge in [-0.3, -0.25) is 14.5 Å². The van der Waals surface area contributed by atoms with Crippen LogP contribution >= 0.6 is 0 Å². The molecule has 2 amide bonds. The number of hydrogen-bond acceptors (Lipinski definition) is 6. The van der Waals surface area contributed by atoms with E-state index in [1.54, 1.807) is 42.5 Å². The van der Waals surface area contributed by atoms with Gasteiger partial charge in [0, 0.05) is 0 Å². The van der Waals surface area contributed by atoms with Crippen molar-refractivity contribution in [3.05, 3.63) is 72.3 Å². The van der Waals surface area contributed by atoms with Gasteiger partial charge < -0.3 is 9.47 Å². The van der Waals surface area contributed by atoms with Gasteiger partial charge in [-0.15, -0.1) is 0 Å². The molecule has 0 aromatic heterocycles. The van der Waals surface area contributed by atoms with Crippen LogP contribution in [0, 0.1) is 35.5 Å². The molecule has 2 bridgehead atoms. The van der Waals surface area contributed by atoms with Crippen LogP contribution in [0.5, 0.6) is 11.5 Å². The Bertz CT molecular complexity index is 1170. The molecule has 0 spiro atoms. The third-order valence-corrected chi connectivity index (χ3v) is 7.33. The zero-order chi connectivity index (χ0) is 22.7. The Labute approximate surface area is 190 Å². The molecular formula is C26H21NO6. The molecular weight excluding hydrogens is 422 g/mol. The second kappa shape index (κ2) is 7.40. The third-order valence-electron chi connectivity index (χ3n) is 7.33. The number of benzene rings is 2. The van der Waals surface area contributed by atoms with Gasteiger partial charge in [0.2, 0.25) is 11.8 Å². The minimum Gasteiger partial charge on any atom is -0.424 e. The Balaban J connectivity index is 1.16. The van der Waals surface area contributed by atoms with Gasteiger partial charge in [0.1, 0.15) is 23.6 Å². The van der Waals surface area contributed by atoms with E-state index in [9.17, 15) is 19.2 Å². The van der Waals surface area contributed by atoms with Gasteiger partial charge in [-0.25, -0.2) is 9.59 Å². The molecule has 7 rings (SSSR count). The van der Waals surface area contributed by atoms with Crippen LogP contribution in [-0.4, -0.2) is 35.2 Å². The molecule has 166 valence electrons. The van der Waals surface area contributed by atoms with E-state index >= 15 is 0 Å². The van der Waals surface area contributed by atoms with Gasteiger partial charge in [-0.1, -0.05) is 42.5 Å². The van der Waals surface area contributed by atoms with Crippen LogP contribution in [0.1, 0.15) is 16.8 Å². The molecule has 2 aromatic carbocycles. The van der Waals surface area contributed by atoms with Crippen LogP contribution in [0.4, 0.5) is 0 Å². The first kappa shape index (κ1) is 19.9. The Morgan fingerprint density at radius 1 is 0.818 bits per heavy atom. The molecule has 1 aliphatic heterocycles. The second-order valence-corrected chi connectivity index (χ2v) is 9.09. The predicted molar refractivity (Wildman–Crippen MR) is 115 cm³/mol. The first-order valence-electron chi connectivity index (χ1n) is 11.1. The van der Waals surface area contributed by atoms with E-state index in [-0.39, 0.29) is 46.8 Å². The molecule has 0 N–H and O–H groups in total. The van der Waals surface area contributed by atoms with E-state index in [2.05, 4.69) is 12.2 Å². The number of rotatable bonds is 5. The maximum atomic E-state index is 13.1. The van der Waals surface area contributed by atoms with Gasteiger partial charge in [0.15, 0.2) is 0 Å². The molecule has 6 atom stereocenters. The van der Waals surface area contributed by atoms with Gasteiger partial charge in [-0.05, 0) is 54.4 Å². The minimum atomic E-state index is -0.777. The number of amides is 2. The lowest BCUT2D eigenvalue weighted by molar-refractivity contribution is -0.148. The molecule has 1 saturated heterocycles. The first-order chi connectivity index (χ1) is 16.0. The van der Waals surface area contributed by atoms with Crippen molar-refractivity contribution < 1.29 is 28.7 Å². The van der Waals surface area contributed by atoms with Crippen LogP contribution in [0.25, 0.3) is 0 Å². The topological polar surface area (TPSA) is 90.0 Å². The summed E-state index contributed by atoms with van der Waals surface area (Å²) in [6.45, 7) is -0.471. The van der Waals surface area contributed by atoms with Crippen molar-refractivity contribution in [2.24, 2.45) is 35.5 Å². The first-order valence-corrected chi connectivity index (χ1v) is 11.1. The fraction of sp³-hybridized carbons (Fsp3) is 0.308. The fourth-order valence-corrected chi connectivity index (χ4v) is 5.83. The van der Waals surface area contributed by atoms with E-state index in [0.29, 0.717) is 17.6 Å². The molecule has 0 radical (unpaired) electrons. The highest BCUT2D eigenvalue weighted by Gasteiger charge is 2.67. The summed E-state index contributed by atoms with van der Waals surface area (Å²) in [6, 6.07) is 14.8. The Hall–Kier alpha value is -3.74. The Morgan fingerprint density at radius 3 is 2.09 bits per heavy atom. The Kier molecular flexibility index (Phi) is 4.47. The van der Waals surface area contributed by atoms with Gasteiger partial charge in [-0.2, -0.15) is 0 Å². The molecule has 7 heteroatoms. The highest BCUT2D eigenvalue weighted by atomic mass is 16.6. The molecule has 33 heavy (non-hydrogen) atoms. The zero-order valence-corrected chi connectivity index (χ0v) is 17.6. The van der Waals surface area contributed by atoms with Crippen LogP contribution in [0.3, 0.4) is 0 Å². The largest absolute Gasteiger partial charge is 0.424 e. The number of para-hydroxylation sites is 2. The highest BCUT2D eigenvalue weighted by Crippen LogP contribution is 2.65. The lowest BCUT2D eigenvalue weighted by Gasteiger charge is -2.37. The van der Waals surface area contributed by atoms with Gasteiger partial charge in [0.25, 0.3) is 0 Å². The number of carbonyl (C=O) groups excluding carboxylic acids is 4. The summed E-state index contributed by atoms with van der Waals surface area (Å²) >= 11 is 0. The predicted octanol–water partition coefficient (Wildman–Crippen LogP) is 2.86. The maximum Gasteiger partial charge on any atom is 0.347 e. The summed E-state index contributed by atoms with van der Waals surface area (Å²) in [4.78, 5) is 52.5. The van der Waals surface area contributed by atoms with Crippen molar-refractivity contribution in [2.45, 2.75) is 6.42 Å². The molecule has 3 fully saturated rings. The number of allylic oxidation sites excluding steroid dienone is 2. The lowest BCUT2D eigenvalue weighted by atomic mass is 9.63. The summed E-state index contributed by atoms with van der Waals surface area (Å²) in [7, 11) is 0. The molecule has 2 saturated carbocycles. The number of esters is 2. The summed E-state index contributed by atoms with van der Waals surface area (Å²) < 4.78 is 10.8. The van der Waals surface area contributed by atoms with E-state index in [4.69, 9.17) is 9.47 Å². The van der Waals surface area contributed by atoms with Crippen molar-refractivity contribution >= 4 is 23.8 Å². The van der Waals surface area contributed by atoms with E-state index in [1.807, 2.05) is 0 Å². The van der Waals surface area contributed by atoms with E-state index in [1.165, 1.54) is 12.1 Å². The molecule has 2 aromatic rings. The number of nitrogens with zero attached hydrogens (tertiary/aromatic N) is 1. The molecule has 1 heterocycles. The number of hydrogen-bond donors (Lipinski definition) is 0. The molecule has 5 aliphatic rings. The quantitative estimate of drug-likeness (QED) is 0.306. The fourth-order valence-electron chi connectivity index (χ4n) is 5.83. The highest BCUT2D eigenvalue weighted by molar-refractivity contribution is 6.08. The van der Waals surface area contributed by atoms with Crippen molar-refractivity contribution in [3.63, 3.8) is 0 Å². The van der Waals surface area contributed by atoms with E-state index < -0.39 is 18.5 Å². The number of likely N-dealkylation sites (tertiary alicyclic amines) is 1. The average Bonchev–Trinajstić information content (AvgIpc) is 3.61. The van der Waals surface area contributed by atoms with Crippen LogP contribution in [0.2, 0.25) is 0 Å². The number of imide groups is 1. The zero-order valence-electron chi connectivity index (χ0n) is 17.6. The summed E-state index contributed by atoms with van der Waals surface area (Å²) in [5.74, 6) is -1.21. The monoisotopic (exact) mass is 443 g/mol. The number of ether oxygens (including phenoxy) is 2. The van der Waals surface area contributed by atoms with Crippen molar-refractivity contribution in [2.75, 3.05) is 6.54 Å². The Morgan fingerprint density at radius 2 is 1.42 bits per heavy atom. The smallest absolute Gasteiger partial charge is 0.347 e. The normalized spacial score (nSPS) is 30.6. The number of carbonyl (C=O) groups is 4. The molecule has 4 aliphatic carbocycles. The van der Waals surface area contributed by atoms with Gasteiger partial charge in [0.05, 0.1) is 11.8 Å². The average molecular weight is 443 g/mol. The van der Waals surface area contributed by atoms with Gasteiger partial charge >= 0.3 is 11.9 Å². The standard InChI is InChI=1S/C26H21NO6/c28-21(33-20-9-5-4-8-17(20)26(31)32-14-6-2-1-3-7-14)13-27-24(29)22-15-10-11-16(19-12-18(15)19)23(22)25(27)30/h1-11,15-16,18-19,22-23H,12-13H2/t15-,16+,18-,19+,22+,23-. The van der Waals surface area contributed by atoms with Crippen LogP contribution in [0.15, 0.2) is 66.7 Å². The minimum absolute atomic E-state index is 0.0166. The van der Waals surface area contributed by atoms with Crippen molar-refractivity contribution in [1.82, 2.24) is 4.90 Å². The third kappa shape index (κ3) is 3.18. The summed E-state index contributed by atoms with van der Waals surface area (Å²) in [5, 5.41) is 0. The van der Waals surface area contributed by atoms with Crippen molar-refractivity contribution in [3.8, 4) is 11.5 Å². The summed E-state index contributed by atoms with van der Waals surface area (Å²) in [5.41, 5.74) is 0.0739. The summed E-state index contributed by atoms with van der Waals surface area (Å²) in [6.07, 6.45) is 5.25. The van der Waals surface area contributed by atoms with Crippen LogP contribution in [-0.2, 0) is 14.4 Å². The molecule has 7 nitrogen and oxygen atoms in total. The van der Waals surface area contributed by atoms with Crippen molar-refractivity contribution in [1.29, 1.82) is 0 Å². The second-order valence-electron chi connectivity index (χ2n) is 9.09. The molecule has 0 unspecified atom stereocenters. The lowest BCUT2D eigenvalue weighted by Crippen LogP contribution is -2.40. The van der Waals surface area contributed by atoms with Crippen LogP contribution < -0.4 is 9.47 Å². The SMILES string of the molecule is O=C(CN1C(=O)[C@@H]2[C@H]3C=C[C@H]([C@H]4C[C@@H]34)[C@@H]2C1=O)Oc1ccccc1C(=O)Oc1ccccc1. The van der Waals surface area contributed by atoms with E-state index in [0.717, 1.165) is 11.3 Å². The maximum absolute atomic E-state index is 13.1.